The average molecular weight is 278 g/mol. The van der Waals surface area contributed by atoms with Crippen LogP contribution in [0, 0.1) is 5.41 Å². The number of rotatable bonds is 3. The summed E-state index contributed by atoms with van der Waals surface area (Å²) in [5, 5.41) is 19.7. The number of hydrogen-bond acceptors (Lipinski definition) is 3. The molecular formula is C16H22O4. The number of ketones is 1. The van der Waals surface area contributed by atoms with Gasteiger partial charge in [-0.25, -0.2) is 4.79 Å². The number of aliphatic hydroxyl groups is 1. The summed E-state index contributed by atoms with van der Waals surface area (Å²) in [4.78, 5) is 22.3. The molecule has 4 heteroatoms. The van der Waals surface area contributed by atoms with Crippen LogP contribution in [-0.4, -0.2) is 27.6 Å². The van der Waals surface area contributed by atoms with E-state index >= 15 is 0 Å². The molecule has 20 heavy (non-hydrogen) atoms. The van der Waals surface area contributed by atoms with E-state index in [4.69, 9.17) is 5.11 Å². The molecule has 2 N–H and O–H groups in total. The lowest BCUT2D eigenvalue weighted by Crippen LogP contribution is -2.48. The monoisotopic (exact) mass is 278 g/mol. The summed E-state index contributed by atoms with van der Waals surface area (Å²) < 4.78 is 0. The van der Waals surface area contributed by atoms with Crippen LogP contribution in [0.5, 0.6) is 0 Å². The molecule has 110 valence electrons. The van der Waals surface area contributed by atoms with Crippen LogP contribution in [0.3, 0.4) is 0 Å². The highest BCUT2D eigenvalue weighted by molar-refractivity contribution is 5.92. The molecule has 0 fully saturated rings. The molecule has 4 nitrogen and oxygen atoms in total. The molecule has 0 aromatic heterocycles. The second-order valence-corrected chi connectivity index (χ2v) is 6.11. The lowest BCUT2D eigenvalue weighted by Gasteiger charge is -2.44. The maximum absolute atomic E-state index is 11.6. The second kappa shape index (κ2) is 5.37. The van der Waals surface area contributed by atoms with Crippen molar-refractivity contribution >= 4 is 11.8 Å². The fraction of sp³-hybridized carbons (Fsp3) is 0.500. The van der Waals surface area contributed by atoms with Crippen molar-refractivity contribution in [3.05, 3.63) is 34.9 Å². The molecule has 0 saturated heterocycles. The maximum atomic E-state index is 11.6. The van der Waals surface area contributed by atoms with Gasteiger partial charge in [0, 0.05) is 17.9 Å². The Labute approximate surface area is 119 Å². The van der Waals surface area contributed by atoms with Crippen LogP contribution >= 0.6 is 0 Å². The molecule has 0 saturated carbocycles. The van der Waals surface area contributed by atoms with Gasteiger partial charge in [-0.2, -0.15) is 0 Å². The van der Waals surface area contributed by atoms with Crippen molar-refractivity contribution in [1.29, 1.82) is 0 Å². The molecule has 0 bridgehead atoms. The quantitative estimate of drug-likeness (QED) is 0.614. The molecule has 0 unspecified atom stereocenters. The Morgan fingerprint density at radius 2 is 1.85 bits per heavy atom. The van der Waals surface area contributed by atoms with Crippen molar-refractivity contribution in [2.45, 2.75) is 46.6 Å². The molecule has 0 spiro atoms. The fourth-order valence-electron chi connectivity index (χ4n) is 2.54. The SMILES string of the molecule is CC1=CC(=O)CC(C)(C)[C@@]1(O)/C=C(C)/C(C)=C\C(=O)O. The molecule has 0 amide bonds. The zero-order valence-corrected chi connectivity index (χ0v) is 12.7. The van der Waals surface area contributed by atoms with Crippen molar-refractivity contribution < 1.29 is 19.8 Å². The van der Waals surface area contributed by atoms with Crippen LogP contribution < -0.4 is 0 Å². The Hall–Kier alpha value is -1.68. The van der Waals surface area contributed by atoms with Crippen LogP contribution in [0.4, 0.5) is 0 Å². The van der Waals surface area contributed by atoms with Gasteiger partial charge in [0.1, 0.15) is 5.60 Å². The van der Waals surface area contributed by atoms with E-state index in [0.717, 1.165) is 6.08 Å². The minimum Gasteiger partial charge on any atom is -0.478 e. The number of carboxylic acid groups (broad SMARTS) is 1. The summed E-state index contributed by atoms with van der Waals surface area (Å²) in [5.41, 5.74) is -0.0375. The molecular weight excluding hydrogens is 256 g/mol. The van der Waals surface area contributed by atoms with Gasteiger partial charge in [-0.1, -0.05) is 13.8 Å². The summed E-state index contributed by atoms with van der Waals surface area (Å²) >= 11 is 0. The predicted octanol–water partition coefficient (Wildman–Crippen LogP) is 2.64. The number of aliphatic carboxylic acids is 1. The molecule has 0 heterocycles. The topological polar surface area (TPSA) is 74.6 Å². The van der Waals surface area contributed by atoms with Gasteiger partial charge in [0.05, 0.1) is 0 Å². The third-order valence-electron chi connectivity index (χ3n) is 4.01. The molecule has 0 aromatic rings. The standard InChI is InChI=1S/C16H22O4/c1-10(6-14(18)19)11(2)8-16(20)12(3)7-13(17)9-15(16,4)5/h6-8,20H,9H2,1-5H3,(H,18,19)/b10-6-,11-8+/t16-/m1/s1. The van der Waals surface area contributed by atoms with E-state index in [1.54, 1.807) is 26.8 Å². The van der Waals surface area contributed by atoms with Crippen LogP contribution in [0.2, 0.25) is 0 Å². The van der Waals surface area contributed by atoms with Crippen LogP contribution in [-0.2, 0) is 9.59 Å². The van der Waals surface area contributed by atoms with Gasteiger partial charge in [-0.05, 0) is 49.6 Å². The highest BCUT2D eigenvalue weighted by Crippen LogP contribution is 2.44. The lowest BCUT2D eigenvalue weighted by atomic mass is 9.64. The molecule has 0 radical (unpaired) electrons. The van der Waals surface area contributed by atoms with Crippen molar-refractivity contribution in [2.24, 2.45) is 5.41 Å². The summed E-state index contributed by atoms with van der Waals surface area (Å²) in [5.74, 6) is -1.02. The third kappa shape index (κ3) is 3.07. The first-order valence-electron chi connectivity index (χ1n) is 6.54. The zero-order valence-electron chi connectivity index (χ0n) is 12.7. The van der Waals surface area contributed by atoms with E-state index in [-0.39, 0.29) is 12.2 Å². The van der Waals surface area contributed by atoms with Crippen molar-refractivity contribution in [1.82, 2.24) is 0 Å². The Balaban J connectivity index is 3.31. The van der Waals surface area contributed by atoms with E-state index in [9.17, 15) is 14.7 Å². The third-order valence-corrected chi connectivity index (χ3v) is 4.01. The van der Waals surface area contributed by atoms with E-state index < -0.39 is 17.0 Å². The van der Waals surface area contributed by atoms with Gasteiger partial charge in [-0.3, -0.25) is 4.79 Å². The summed E-state index contributed by atoms with van der Waals surface area (Å²) in [6.45, 7) is 8.83. The normalized spacial score (nSPS) is 27.3. The lowest BCUT2D eigenvalue weighted by molar-refractivity contribution is -0.131. The smallest absolute Gasteiger partial charge is 0.328 e. The van der Waals surface area contributed by atoms with Crippen LogP contribution in [0.15, 0.2) is 34.9 Å². The predicted molar refractivity (Wildman–Crippen MR) is 77.3 cm³/mol. The van der Waals surface area contributed by atoms with Gasteiger partial charge >= 0.3 is 5.97 Å². The molecule has 1 aliphatic carbocycles. The number of carbonyl (C=O) groups is 2. The molecule has 1 atom stereocenters. The fourth-order valence-corrected chi connectivity index (χ4v) is 2.54. The average Bonchev–Trinajstić information content (AvgIpc) is 2.24. The minimum atomic E-state index is -1.25. The number of carboxylic acids is 1. The summed E-state index contributed by atoms with van der Waals surface area (Å²) in [7, 11) is 0. The number of carbonyl (C=O) groups excluding carboxylic acids is 1. The first kappa shape index (κ1) is 16.4. The van der Waals surface area contributed by atoms with E-state index in [2.05, 4.69) is 0 Å². The Bertz CT molecular complexity index is 535. The van der Waals surface area contributed by atoms with Gasteiger partial charge in [-0.15, -0.1) is 0 Å². The van der Waals surface area contributed by atoms with E-state index in [0.29, 0.717) is 16.7 Å². The maximum Gasteiger partial charge on any atom is 0.328 e. The van der Waals surface area contributed by atoms with Gasteiger partial charge < -0.3 is 10.2 Å². The van der Waals surface area contributed by atoms with Crippen LogP contribution in [0.1, 0.15) is 41.0 Å². The van der Waals surface area contributed by atoms with E-state index in [1.807, 2.05) is 13.8 Å². The summed E-state index contributed by atoms with van der Waals surface area (Å²) in [6, 6.07) is 0. The molecule has 0 aliphatic heterocycles. The Morgan fingerprint density at radius 3 is 2.30 bits per heavy atom. The Kier molecular flexibility index (Phi) is 4.39. The molecule has 1 rings (SSSR count). The second-order valence-electron chi connectivity index (χ2n) is 6.11. The van der Waals surface area contributed by atoms with Gasteiger partial charge in [0.15, 0.2) is 5.78 Å². The molecule has 1 aliphatic rings. The van der Waals surface area contributed by atoms with Crippen LogP contribution in [0.25, 0.3) is 0 Å². The van der Waals surface area contributed by atoms with Crippen molar-refractivity contribution in [3.63, 3.8) is 0 Å². The Morgan fingerprint density at radius 1 is 1.30 bits per heavy atom. The first-order chi connectivity index (χ1) is 8.99. The van der Waals surface area contributed by atoms with Crippen molar-refractivity contribution in [2.75, 3.05) is 0 Å². The minimum absolute atomic E-state index is 0.000952. The number of allylic oxidation sites excluding steroid dienone is 3. The van der Waals surface area contributed by atoms with Gasteiger partial charge in [0.2, 0.25) is 0 Å². The zero-order chi connectivity index (χ0) is 15.7. The largest absolute Gasteiger partial charge is 0.478 e. The number of hydrogen-bond donors (Lipinski definition) is 2. The highest BCUT2D eigenvalue weighted by atomic mass is 16.4. The van der Waals surface area contributed by atoms with Gasteiger partial charge in [0.25, 0.3) is 0 Å². The molecule has 0 aromatic carbocycles. The van der Waals surface area contributed by atoms with Crippen molar-refractivity contribution in [3.8, 4) is 0 Å². The summed E-state index contributed by atoms with van der Waals surface area (Å²) in [6.07, 6.45) is 4.48. The first-order valence-corrected chi connectivity index (χ1v) is 6.54. The van der Waals surface area contributed by atoms with E-state index in [1.165, 1.54) is 6.08 Å². The highest BCUT2D eigenvalue weighted by Gasteiger charge is 2.47.